The Kier molecular flexibility index (Phi) is 2.66. The van der Waals surface area contributed by atoms with Gasteiger partial charge in [-0.25, -0.2) is 0 Å². The molecule has 14 heavy (non-hydrogen) atoms. The first-order valence-corrected chi connectivity index (χ1v) is 6.31. The summed E-state index contributed by atoms with van der Waals surface area (Å²) in [5.74, 6) is 0. The van der Waals surface area contributed by atoms with Gasteiger partial charge in [-0.15, -0.1) is 11.3 Å². The summed E-state index contributed by atoms with van der Waals surface area (Å²) in [7, 11) is 0. The molecule has 0 aliphatic carbocycles. The van der Waals surface area contributed by atoms with Gasteiger partial charge in [-0.2, -0.15) is 11.3 Å². The van der Waals surface area contributed by atoms with Gasteiger partial charge in [0.15, 0.2) is 0 Å². The minimum absolute atomic E-state index is 0.654. The molecule has 0 saturated carbocycles. The maximum atomic E-state index is 10.3. The topological polar surface area (TPSA) is 20.2 Å². The van der Waals surface area contributed by atoms with Gasteiger partial charge in [0.25, 0.3) is 0 Å². The van der Waals surface area contributed by atoms with Crippen molar-refractivity contribution in [2.45, 2.75) is 12.5 Å². The Bertz CT molecular complexity index is 417. The molecule has 2 aromatic rings. The van der Waals surface area contributed by atoms with Gasteiger partial charge >= 0.3 is 0 Å². The van der Waals surface area contributed by atoms with Crippen LogP contribution in [0.25, 0.3) is 0 Å². The quantitative estimate of drug-likeness (QED) is 0.854. The molecule has 2 heterocycles. The third-order valence-electron chi connectivity index (χ3n) is 2.23. The molecule has 4 heteroatoms. The van der Waals surface area contributed by atoms with Crippen molar-refractivity contribution in [1.82, 2.24) is 0 Å². The van der Waals surface area contributed by atoms with Crippen LogP contribution in [0, 0.1) is 0 Å². The fraction of sp³-hybridized carbons (Fsp3) is 0.200. The highest BCUT2D eigenvalue weighted by molar-refractivity contribution is 7.14. The molecular formula is C10H9ClOS2. The molecule has 0 spiro atoms. The molecule has 2 aromatic heterocycles. The summed E-state index contributed by atoms with van der Waals surface area (Å²) in [6, 6.07) is 3.78. The normalized spacial score (nSPS) is 15.4. The van der Waals surface area contributed by atoms with Crippen LogP contribution in [-0.2, 0) is 5.60 Å². The molecular weight excluding hydrogens is 236 g/mol. The molecule has 0 radical (unpaired) electrons. The fourth-order valence-electron chi connectivity index (χ4n) is 1.34. The molecule has 0 bridgehead atoms. The standard InChI is InChI=1S/C10H9ClOS2/c1-10(12,7-2-4-13-6-7)8-3-5-14-9(8)11/h2-6,12H,1H3. The van der Waals surface area contributed by atoms with E-state index in [4.69, 9.17) is 11.6 Å². The maximum absolute atomic E-state index is 10.3. The first-order valence-electron chi connectivity index (χ1n) is 4.11. The molecule has 0 saturated heterocycles. The molecule has 1 atom stereocenters. The van der Waals surface area contributed by atoms with Crippen molar-refractivity contribution >= 4 is 34.3 Å². The predicted molar refractivity (Wildman–Crippen MR) is 62.3 cm³/mol. The lowest BCUT2D eigenvalue weighted by molar-refractivity contribution is 0.103. The van der Waals surface area contributed by atoms with Crippen LogP contribution in [0.3, 0.4) is 0 Å². The Hall–Kier alpha value is -0.350. The van der Waals surface area contributed by atoms with Crippen LogP contribution >= 0.6 is 34.3 Å². The summed E-state index contributed by atoms with van der Waals surface area (Å²) in [4.78, 5) is 0. The zero-order valence-electron chi connectivity index (χ0n) is 7.53. The van der Waals surface area contributed by atoms with Crippen LogP contribution in [0.5, 0.6) is 0 Å². The van der Waals surface area contributed by atoms with E-state index in [1.807, 2.05) is 28.3 Å². The lowest BCUT2D eigenvalue weighted by Crippen LogP contribution is -2.21. The van der Waals surface area contributed by atoms with Gasteiger partial charge in [0.1, 0.15) is 5.60 Å². The van der Waals surface area contributed by atoms with Crippen LogP contribution in [0.1, 0.15) is 18.1 Å². The Morgan fingerprint density at radius 3 is 2.64 bits per heavy atom. The third kappa shape index (κ3) is 1.61. The molecule has 1 unspecified atom stereocenters. The molecule has 74 valence electrons. The van der Waals surface area contributed by atoms with Crippen molar-refractivity contribution in [1.29, 1.82) is 0 Å². The fourth-order valence-corrected chi connectivity index (χ4v) is 3.22. The van der Waals surface area contributed by atoms with Gasteiger partial charge < -0.3 is 5.11 Å². The highest BCUT2D eigenvalue weighted by Gasteiger charge is 2.28. The average molecular weight is 245 g/mol. The van der Waals surface area contributed by atoms with Crippen LogP contribution < -0.4 is 0 Å². The number of hydrogen-bond donors (Lipinski definition) is 1. The highest BCUT2D eigenvalue weighted by Crippen LogP contribution is 2.37. The van der Waals surface area contributed by atoms with Gasteiger partial charge in [-0.3, -0.25) is 0 Å². The molecule has 0 aliphatic rings. The van der Waals surface area contributed by atoms with E-state index in [-0.39, 0.29) is 0 Å². The monoisotopic (exact) mass is 244 g/mol. The molecule has 0 aliphatic heterocycles. The molecule has 0 fully saturated rings. The van der Waals surface area contributed by atoms with Crippen molar-refractivity contribution < 1.29 is 5.11 Å². The van der Waals surface area contributed by atoms with Crippen molar-refractivity contribution in [3.63, 3.8) is 0 Å². The lowest BCUT2D eigenvalue weighted by Gasteiger charge is -2.21. The van der Waals surface area contributed by atoms with Gasteiger partial charge in [0.2, 0.25) is 0 Å². The molecule has 0 amide bonds. The first kappa shape index (κ1) is 10.2. The van der Waals surface area contributed by atoms with Crippen molar-refractivity contribution in [2.24, 2.45) is 0 Å². The van der Waals surface area contributed by atoms with Crippen LogP contribution in [0.15, 0.2) is 28.3 Å². The van der Waals surface area contributed by atoms with E-state index < -0.39 is 5.60 Å². The maximum Gasteiger partial charge on any atom is 0.115 e. The second kappa shape index (κ2) is 3.66. The molecule has 2 rings (SSSR count). The molecule has 1 N–H and O–H groups in total. The first-order chi connectivity index (χ1) is 6.62. The van der Waals surface area contributed by atoms with E-state index in [0.717, 1.165) is 11.1 Å². The summed E-state index contributed by atoms with van der Waals surface area (Å²) in [5.41, 5.74) is 0.697. The zero-order chi connectivity index (χ0) is 10.2. The van der Waals surface area contributed by atoms with E-state index in [9.17, 15) is 5.11 Å². The van der Waals surface area contributed by atoms with Crippen LogP contribution in [0.2, 0.25) is 4.34 Å². The summed E-state index contributed by atoms with van der Waals surface area (Å²) in [6.45, 7) is 1.77. The molecule has 1 nitrogen and oxygen atoms in total. The number of hydrogen-bond acceptors (Lipinski definition) is 3. The minimum atomic E-state index is -0.975. The Morgan fingerprint density at radius 2 is 2.14 bits per heavy atom. The second-order valence-corrected chi connectivity index (χ2v) is 5.49. The van der Waals surface area contributed by atoms with Crippen molar-refractivity contribution in [3.8, 4) is 0 Å². The largest absolute Gasteiger partial charge is 0.381 e. The van der Waals surface area contributed by atoms with E-state index in [1.165, 1.54) is 11.3 Å². The van der Waals surface area contributed by atoms with Crippen LogP contribution in [0.4, 0.5) is 0 Å². The number of aliphatic hydroxyl groups is 1. The molecule has 0 aromatic carbocycles. The number of rotatable bonds is 2. The van der Waals surface area contributed by atoms with E-state index in [0.29, 0.717) is 4.34 Å². The number of halogens is 1. The second-order valence-electron chi connectivity index (χ2n) is 3.19. The van der Waals surface area contributed by atoms with Gasteiger partial charge in [-0.1, -0.05) is 11.6 Å². The smallest absolute Gasteiger partial charge is 0.115 e. The number of thiophene rings is 2. The van der Waals surface area contributed by atoms with Crippen LogP contribution in [-0.4, -0.2) is 5.11 Å². The predicted octanol–water partition coefficient (Wildman–Crippen LogP) is 3.72. The summed E-state index contributed by atoms with van der Waals surface area (Å²) >= 11 is 9.01. The van der Waals surface area contributed by atoms with E-state index >= 15 is 0 Å². The zero-order valence-corrected chi connectivity index (χ0v) is 9.92. The van der Waals surface area contributed by atoms with E-state index in [2.05, 4.69) is 0 Å². The average Bonchev–Trinajstić information content (AvgIpc) is 2.72. The van der Waals surface area contributed by atoms with Gasteiger partial charge in [-0.05, 0) is 40.8 Å². The minimum Gasteiger partial charge on any atom is -0.381 e. The summed E-state index contributed by atoms with van der Waals surface area (Å²) in [5, 5.41) is 16.1. The van der Waals surface area contributed by atoms with Gasteiger partial charge in [0, 0.05) is 5.56 Å². The Morgan fingerprint density at radius 1 is 1.36 bits per heavy atom. The van der Waals surface area contributed by atoms with E-state index in [1.54, 1.807) is 18.3 Å². The van der Waals surface area contributed by atoms with Gasteiger partial charge in [0.05, 0.1) is 4.34 Å². The summed E-state index contributed by atoms with van der Waals surface area (Å²) in [6.07, 6.45) is 0. The van der Waals surface area contributed by atoms with Crippen molar-refractivity contribution in [2.75, 3.05) is 0 Å². The Balaban J connectivity index is 2.48. The highest BCUT2D eigenvalue weighted by atomic mass is 35.5. The summed E-state index contributed by atoms with van der Waals surface area (Å²) < 4.78 is 0.654. The lowest BCUT2D eigenvalue weighted by atomic mass is 9.93. The SMILES string of the molecule is CC(O)(c1ccsc1)c1ccsc1Cl. The third-order valence-corrected chi connectivity index (χ3v) is 4.08. The Labute approximate surface area is 95.6 Å². The van der Waals surface area contributed by atoms with Crippen molar-refractivity contribution in [3.05, 3.63) is 43.7 Å².